The Morgan fingerprint density at radius 1 is 1.54 bits per heavy atom. The summed E-state index contributed by atoms with van der Waals surface area (Å²) in [4.78, 5) is 4.10. The Labute approximate surface area is 93.6 Å². The van der Waals surface area contributed by atoms with Gasteiger partial charge in [0.25, 0.3) is 0 Å². The van der Waals surface area contributed by atoms with Crippen molar-refractivity contribution in [3.05, 3.63) is 26.9 Å². The number of hydrogen-bond donors (Lipinski definition) is 2. The molecular formula is C8H10Br2N2O. The smallest absolute Gasteiger partial charge is 0.0983 e. The van der Waals surface area contributed by atoms with Gasteiger partial charge in [0.15, 0.2) is 0 Å². The van der Waals surface area contributed by atoms with E-state index < -0.39 is 6.10 Å². The first-order chi connectivity index (χ1) is 6.15. The minimum Gasteiger partial charge on any atom is -0.387 e. The number of nitrogens with two attached hydrogens (primary N) is 1. The van der Waals surface area contributed by atoms with Crippen molar-refractivity contribution in [2.24, 2.45) is 5.73 Å². The van der Waals surface area contributed by atoms with Crippen LogP contribution in [0.15, 0.2) is 21.2 Å². The normalized spacial score (nSPS) is 12.9. The van der Waals surface area contributed by atoms with Crippen molar-refractivity contribution in [2.75, 3.05) is 6.54 Å². The summed E-state index contributed by atoms with van der Waals surface area (Å²) in [6.07, 6.45) is 1.58. The van der Waals surface area contributed by atoms with Crippen molar-refractivity contribution in [3.63, 3.8) is 0 Å². The molecule has 1 aromatic heterocycles. The number of aromatic nitrogens is 1. The van der Waals surface area contributed by atoms with Crippen LogP contribution in [-0.2, 0) is 0 Å². The minimum absolute atomic E-state index is 0.450. The molecule has 1 unspecified atom stereocenters. The summed E-state index contributed by atoms with van der Waals surface area (Å²) in [6.45, 7) is 0.450. The summed E-state index contributed by atoms with van der Waals surface area (Å²) < 4.78 is 1.67. The van der Waals surface area contributed by atoms with Crippen molar-refractivity contribution in [2.45, 2.75) is 12.5 Å². The summed E-state index contributed by atoms with van der Waals surface area (Å²) >= 11 is 6.61. The molecule has 0 radical (unpaired) electrons. The second-order valence-corrected chi connectivity index (χ2v) is 4.38. The quantitative estimate of drug-likeness (QED) is 0.897. The lowest BCUT2D eigenvalue weighted by Gasteiger charge is -2.10. The molecule has 0 bridgehead atoms. The average molecular weight is 310 g/mol. The minimum atomic E-state index is -0.590. The van der Waals surface area contributed by atoms with Gasteiger partial charge in [-0.3, -0.25) is 4.98 Å². The largest absolute Gasteiger partial charge is 0.387 e. The van der Waals surface area contributed by atoms with E-state index in [1.807, 2.05) is 6.07 Å². The summed E-state index contributed by atoms with van der Waals surface area (Å²) in [5.41, 5.74) is 5.97. The van der Waals surface area contributed by atoms with E-state index in [0.29, 0.717) is 18.7 Å². The molecule has 1 aromatic rings. The highest BCUT2D eigenvalue weighted by Gasteiger charge is 2.11. The van der Waals surface area contributed by atoms with Crippen molar-refractivity contribution in [1.29, 1.82) is 0 Å². The fourth-order valence-electron chi connectivity index (χ4n) is 0.965. The maximum absolute atomic E-state index is 9.60. The third kappa shape index (κ3) is 3.02. The van der Waals surface area contributed by atoms with E-state index in [1.165, 1.54) is 0 Å². The van der Waals surface area contributed by atoms with Crippen LogP contribution in [0.25, 0.3) is 0 Å². The molecule has 0 aliphatic heterocycles. The monoisotopic (exact) mass is 308 g/mol. The molecule has 0 aliphatic carbocycles. The first-order valence-electron chi connectivity index (χ1n) is 3.84. The van der Waals surface area contributed by atoms with Crippen LogP contribution < -0.4 is 5.73 Å². The number of rotatable bonds is 3. The second-order valence-electron chi connectivity index (χ2n) is 2.61. The Kier molecular flexibility index (Phi) is 4.31. The Balaban J connectivity index is 2.88. The van der Waals surface area contributed by atoms with E-state index in [-0.39, 0.29) is 0 Å². The van der Waals surface area contributed by atoms with Crippen molar-refractivity contribution in [1.82, 2.24) is 4.98 Å². The molecule has 0 spiro atoms. The number of hydrogen-bond acceptors (Lipinski definition) is 3. The summed E-state index contributed by atoms with van der Waals surface area (Å²) in [7, 11) is 0. The van der Waals surface area contributed by atoms with E-state index in [2.05, 4.69) is 36.8 Å². The molecule has 0 saturated heterocycles. The predicted molar refractivity (Wildman–Crippen MR) is 58.3 cm³/mol. The molecular weight excluding hydrogens is 300 g/mol. The fourth-order valence-corrected chi connectivity index (χ4v) is 2.22. The highest BCUT2D eigenvalue weighted by Crippen LogP contribution is 2.25. The van der Waals surface area contributed by atoms with Gasteiger partial charge in [0.05, 0.1) is 11.8 Å². The molecule has 0 saturated carbocycles. The number of aliphatic hydroxyl groups excluding tert-OH is 1. The van der Waals surface area contributed by atoms with Crippen LogP contribution in [0.4, 0.5) is 0 Å². The molecule has 3 nitrogen and oxygen atoms in total. The van der Waals surface area contributed by atoms with Gasteiger partial charge in [0.2, 0.25) is 0 Å². The van der Waals surface area contributed by atoms with Gasteiger partial charge in [0.1, 0.15) is 0 Å². The van der Waals surface area contributed by atoms with Crippen molar-refractivity contribution < 1.29 is 5.11 Å². The second kappa shape index (κ2) is 5.05. The van der Waals surface area contributed by atoms with Gasteiger partial charge >= 0.3 is 0 Å². The fraction of sp³-hybridized carbons (Fsp3) is 0.375. The molecule has 0 amide bonds. The van der Waals surface area contributed by atoms with Crippen LogP contribution in [-0.4, -0.2) is 16.6 Å². The lowest BCUT2D eigenvalue weighted by atomic mass is 10.2. The molecule has 1 rings (SSSR count). The van der Waals surface area contributed by atoms with Gasteiger partial charge in [-0.05, 0) is 50.9 Å². The van der Waals surface area contributed by atoms with Gasteiger partial charge in [-0.15, -0.1) is 0 Å². The maximum atomic E-state index is 9.60. The zero-order chi connectivity index (χ0) is 9.84. The van der Waals surface area contributed by atoms with E-state index in [0.717, 1.165) is 8.95 Å². The van der Waals surface area contributed by atoms with Crippen LogP contribution in [0.2, 0.25) is 0 Å². The molecule has 1 atom stereocenters. The Hall–Kier alpha value is 0.0300. The maximum Gasteiger partial charge on any atom is 0.0983 e. The average Bonchev–Trinajstić information content (AvgIpc) is 2.04. The van der Waals surface area contributed by atoms with Crippen LogP contribution in [0, 0.1) is 0 Å². The zero-order valence-electron chi connectivity index (χ0n) is 6.87. The molecule has 5 heteroatoms. The summed E-state index contributed by atoms with van der Waals surface area (Å²) in [6, 6.07) is 1.85. The van der Waals surface area contributed by atoms with E-state index in [9.17, 15) is 5.11 Å². The van der Waals surface area contributed by atoms with Gasteiger partial charge in [-0.2, -0.15) is 0 Å². The first kappa shape index (κ1) is 11.1. The molecule has 0 aromatic carbocycles. The van der Waals surface area contributed by atoms with E-state index in [4.69, 9.17) is 5.73 Å². The lowest BCUT2D eigenvalue weighted by molar-refractivity contribution is 0.164. The van der Waals surface area contributed by atoms with E-state index in [1.54, 1.807) is 6.20 Å². The van der Waals surface area contributed by atoms with Crippen LogP contribution in [0.3, 0.4) is 0 Å². The van der Waals surface area contributed by atoms with Gasteiger partial charge in [-0.25, -0.2) is 0 Å². The van der Waals surface area contributed by atoms with Crippen LogP contribution in [0.5, 0.6) is 0 Å². The Morgan fingerprint density at radius 2 is 2.23 bits per heavy atom. The molecule has 72 valence electrons. The lowest BCUT2D eigenvalue weighted by Crippen LogP contribution is -2.08. The number of pyridine rings is 1. The highest BCUT2D eigenvalue weighted by atomic mass is 79.9. The molecule has 3 N–H and O–H groups in total. The number of nitrogens with zero attached hydrogens (tertiary/aromatic N) is 1. The molecule has 0 fully saturated rings. The third-order valence-electron chi connectivity index (χ3n) is 1.59. The third-order valence-corrected chi connectivity index (χ3v) is 2.66. The number of aliphatic hydroxyl groups is 1. The predicted octanol–water partition coefficient (Wildman–Crippen LogP) is 1.99. The topological polar surface area (TPSA) is 59.1 Å². The zero-order valence-corrected chi connectivity index (χ0v) is 10.0. The van der Waals surface area contributed by atoms with Gasteiger partial charge in [0, 0.05) is 15.1 Å². The SMILES string of the molecule is NCCC(O)c1ncc(Br)cc1Br. The van der Waals surface area contributed by atoms with Crippen LogP contribution in [0.1, 0.15) is 18.2 Å². The first-order valence-corrected chi connectivity index (χ1v) is 5.43. The molecule has 1 heterocycles. The summed E-state index contributed by atoms with van der Waals surface area (Å²) in [5, 5.41) is 9.60. The highest BCUT2D eigenvalue weighted by molar-refractivity contribution is 9.11. The van der Waals surface area contributed by atoms with Crippen molar-refractivity contribution >= 4 is 31.9 Å². The Morgan fingerprint density at radius 3 is 2.77 bits per heavy atom. The van der Waals surface area contributed by atoms with Crippen LogP contribution >= 0.6 is 31.9 Å². The summed E-state index contributed by atoms with van der Waals surface area (Å²) in [5.74, 6) is 0. The van der Waals surface area contributed by atoms with Gasteiger partial charge < -0.3 is 10.8 Å². The van der Waals surface area contributed by atoms with E-state index >= 15 is 0 Å². The number of halogens is 2. The molecule has 13 heavy (non-hydrogen) atoms. The van der Waals surface area contributed by atoms with Crippen molar-refractivity contribution in [3.8, 4) is 0 Å². The molecule has 0 aliphatic rings. The van der Waals surface area contributed by atoms with Gasteiger partial charge in [-0.1, -0.05) is 0 Å². The Bertz CT molecular complexity index is 293. The standard InChI is InChI=1S/C8H10Br2N2O/c9-5-3-6(10)8(12-4-5)7(13)1-2-11/h3-4,7,13H,1-2,11H2.